The fraction of sp³-hybridized carbons (Fsp3) is 1.00. The minimum Gasteiger partial charge on any atom is -0.331 e. The normalized spacial score (nSPS) is 13.6. The highest BCUT2D eigenvalue weighted by molar-refractivity contribution is 7.54. The number of phosphoric acid groups is 1. The van der Waals surface area contributed by atoms with Gasteiger partial charge in [0.25, 0.3) is 0 Å². The molecule has 0 bridgehead atoms. The molecule has 0 aliphatic heterocycles. The van der Waals surface area contributed by atoms with Crippen molar-refractivity contribution in [3.8, 4) is 0 Å². The molecule has 0 N–H and O–H groups in total. The SMILES string of the molecule is CCC[Si](C)(CCC)OP(=O)(O[Si](CCC)(CCC)CCC)O[Si](CCC)(CCC)CCC. The maximum absolute atomic E-state index is 14.9. The van der Waals surface area contributed by atoms with Crippen molar-refractivity contribution in [3.05, 3.63) is 0 Å². The fourth-order valence-electron chi connectivity index (χ4n) is 5.83. The molecule has 0 aromatic carbocycles. The summed E-state index contributed by atoms with van der Waals surface area (Å²) in [5.74, 6) is 0. The van der Waals surface area contributed by atoms with Crippen LogP contribution in [0, 0.1) is 0 Å². The van der Waals surface area contributed by atoms with Crippen LogP contribution in [-0.2, 0) is 17.2 Å². The van der Waals surface area contributed by atoms with E-state index in [2.05, 4.69) is 61.9 Å². The molecule has 0 heterocycles. The molecule has 0 rings (SSSR count). The van der Waals surface area contributed by atoms with Crippen molar-refractivity contribution in [2.45, 2.75) is 162 Å². The monoisotopic (exact) mass is 538 g/mol. The van der Waals surface area contributed by atoms with Gasteiger partial charge >= 0.3 is 7.82 Å². The van der Waals surface area contributed by atoms with Crippen molar-refractivity contribution in [2.75, 3.05) is 0 Å². The van der Waals surface area contributed by atoms with Gasteiger partial charge in [0.1, 0.15) is 0 Å². The smallest absolute Gasteiger partial charge is 0.331 e. The standard InChI is InChI=1S/C25H59O4PSi3/c1-10-18-31(9,19-11-2)27-30(26,28-32(20-12-3,21-13-4)22-14-5)29-33(23-15-6,24-16-7)25-17-8/h10-25H2,1-9H3. The first-order chi connectivity index (χ1) is 15.6. The molecule has 0 atom stereocenters. The summed E-state index contributed by atoms with van der Waals surface area (Å²) >= 11 is 0. The third kappa shape index (κ3) is 12.0. The second-order valence-electron chi connectivity index (χ2n) is 10.5. The second-order valence-corrected chi connectivity index (χ2v) is 25.3. The van der Waals surface area contributed by atoms with Crippen molar-refractivity contribution < 1.29 is 17.2 Å². The van der Waals surface area contributed by atoms with Gasteiger partial charge in [0.15, 0.2) is 0 Å². The zero-order chi connectivity index (χ0) is 25.4. The summed E-state index contributed by atoms with van der Waals surface area (Å²) in [6.07, 6.45) is 8.58. The lowest BCUT2D eigenvalue weighted by Crippen LogP contribution is -2.44. The molecule has 33 heavy (non-hydrogen) atoms. The van der Waals surface area contributed by atoms with Gasteiger partial charge in [0.2, 0.25) is 25.0 Å². The average molecular weight is 539 g/mol. The maximum Gasteiger partial charge on any atom is 0.445 e. The quantitative estimate of drug-likeness (QED) is 0.101. The van der Waals surface area contributed by atoms with Gasteiger partial charge in [-0.15, -0.1) is 0 Å². The van der Waals surface area contributed by atoms with Gasteiger partial charge in [-0.25, -0.2) is 4.57 Å². The summed E-state index contributed by atoms with van der Waals surface area (Å²) in [7, 11) is -10.3. The number of hydrogen-bond acceptors (Lipinski definition) is 4. The molecule has 0 saturated carbocycles. The van der Waals surface area contributed by atoms with Gasteiger partial charge in [-0.2, -0.15) is 0 Å². The van der Waals surface area contributed by atoms with Crippen LogP contribution in [0.4, 0.5) is 0 Å². The van der Waals surface area contributed by atoms with Crippen molar-refractivity contribution in [1.29, 1.82) is 0 Å². The summed E-state index contributed by atoms with van der Waals surface area (Å²) in [5, 5.41) is 0. The molecule has 0 fully saturated rings. The Morgan fingerprint density at radius 1 is 0.455 bits per heavy atom. The Balaban J connectivity index is 6.52. The van der Waals surface area contributed by atoms with Gasteiger partial charge in [0, 0.05) is 0 Å². The number of rotatable bonds is 22. The third-order valence-corrected chi connectivity index (χ3v) is 25.9. The fourth-order valence-corrected chi connectivity index (χ4v) is 25.5. The maximum atomic E-state index is 14.9. The topological polar surface area (TPSA) is 44.8 Å². The Bertz CT molecular complexity index is 476. The molecule has 0 spiro atoms. The second kappa shape index (κ2) is 17.3. The van der Waals surface area contributed by atoms with Gasteiger partial charge in [0.05, 0.1) is 0 Å². The van der Waals surface area contributed by atoms with E-state index in [1.165, 1.54) is 0 Å². The van der Waals surface area contributed by atoms with Crippen molar-refractivity contribution >= 4 is 32.8 Å². The Kier molecular flexibility index (Phi) is 17.7. The van der Waals surface area contributed by atoms with Crippen LogP contribution in [0.2, 0.25) is 54.9 Å². The molecular weight excluding hydrogens is 480 g/mol. The van der Waals surface area contributed by atoms with Crippen molar-refractivity contribution in [1.82, 2.24) is 0 Å². The molecule has 0 radical (unpaired) electrons. The average Bonchev–Trinajstić information content (AvgIpc) is 2.68. The van der Waals surface area contributed by atoms with Crippen LogP contribution < -0.4 is 0 Å². The molecule has 0 saturated heterocycles. The van der Waals surface area contributed by atoms with E-state index in [0.29, 0.717) is 0 Å². The molecule has 0 aliphatic carbocycles. The van der Waals surface area contributed by atoms with Gasteiger partial charge in [-0.05, 0) is 54.9 Å². The van der Waals surface area contributed by atoms with Crippen LogP contribution >= 0.6 is 7.82 Å². The van der Waals surface area contributed by atoms with E-state index >= 15 is 0 Å². The van der Waals surface area contributed by atoms with Crippen LogP contribution in [0.1, 0.15) is 107 Å². The van der Waals surface area contributed by atoms with Gasteiger partial charge < -0.3 is 12.6 Å². The zero-order valence-corrected chi connectivity index (χ0v) is 27.8. The highest BCUT2D eigenvalue weighted by Crippen LogP contribution is 2.60. The predicted octanol–water partition coefficient (Wildman–Crippen LogP) is 10.9. The van der Waals surface area contributed by atoms with E-state index in [0.717, 1.165) is 99.7 Å². The largest absolute Gasteiger partial charge is 0.445 e. The molecule has 200 valence electrons. The summed E-state index contributed by atoms with van der Waals surface area (Å²) < 4.78 is 35.6. The van der Waals surface area contributed by atoms with Gasteiger partial charge in [-0.1, -0.05) is 107 Å². The molecule has 0 aromatic rings. The van der Waals surface area contributed by atoms with E-state index in [4.69, 9.17) is 12.6 Å². The molecule has 0 unspecified atom stereocenters. The molecular formula is C25H59O4PSi3. The third-order valence-electron chi connectivity index (χ3n) is 6.73. The summed E-state index contributed by atoms with van der Waals surface area (Å²) in [6, 6.07) is 8.34. The van der Waals surface area contributed by atoms with Crippen LogP contribution in [-0.4, -0.2) is 25.0 Å². The van der Waals surface area contributed by atoms with E-state index in [9.17, 15) is 4.57 Å². The molecule has 4 nitrogen and oxygen atoms in total. The molecule has 0 aliphatic rings. The first-order valence-electron chi connectivity index (χ1n) is 14.3. The minimum absolute atomic E-state index is 1.02. The highest BCUT2D eigenvalue weighted by Gasteiger charge is 2.50. The first kappa shape index (κ1) is 33.8. The lowest BCUT2D eigenvalue weighted by molar-refractivity contribution is 0.279. The van der Waals surface area contributed by atoms with Crippen LogP contribution in [0.3, 0.4) is 0 Å². The Hall–Kier alpha value is 0.761. The van der Waals surface area contributed by atoms with Crippen LogP contribution in [0.25, 0.3) is 0 Å². The Morgan fingerprint density at radius 3 is 0.909 bits per heavy atom. The Labute approximate surface area is 211 Å². The van der Waals surface area contributed by atoms with E-state index < -0.39 is 32.8 Å². The first-order valence-corrected chi connectivity index (χ1v) is 23.7. The summed E-state index contributed by atoms with van der Waals surface area (Å²) in [4.78, 5) is 0. The minimum atomic E-state index is -3.64. The van der Waals surface area contributed by atoms with Crippen LogP contribution in [0.5, 0.6) is 0 Å². The molecule has 0 amide bonds. The summed E-state index contributed by atoms with van der Waals surface area (Å²) in [6.45, 7) is 20.1. The summed E-state index contributed by atoms with van der Waals surface area (Å²) in [5.41, 5.74) is 0. The van der Waals surface area contributed by atoms with E-state index in [-0.39, 0.29) is 0 Å². The molecule has 8 heteroatoms. The van der Waals surface area contributed by atoms with Crippen molar-refractivity contribution in [2.24, 2.45) is 0 Å². The van der Waals surface area contributed by atoms with E-state index in [1.54, 1.807) is 0 Å². The van der Waals surface area contributed by atoms with Crippen LogP contribution in [0.15, 0.2) is 0 Å². The lowest BCUT2D eigenvalue weighted by Gasteiger charge is -2.42. The highest BCUT2D eigenvalue weighted by atomic mass is 31.2. The number of hydrogen-bond donors (Lipinski definition) is 0. The van der Waals surface area contributed by atoms with Crippen molar-refractivity contribution in [3.63, 3.8) is 0 Å². The molecule has 0 aromatic heterocycles. The Morgan fingerprint density at radius 2 is 0.697 bits per heavy atom. The zero-order valence-electron chi connectivity index (χ0n) is 23.9. The van der Waals surface area contributed by atoms with Gasteiger partial charge in [-0.3, -0.25) is 0 Å². The predicted molar refractivity (Wildman–Crippen MR) is 155 cm³/mol. The van der Waals surface area contributed by atoms with E-state index in [1.807, 2.05) is 0 Å². The lowest BCUT2D eigenvalue weighted by atomic mass is 10.6.